The zero-order chi connectivity index (χ0) is 13.8. The van der Waals surface area contributed by atoms with Gasteiger partial charge in [0.2, 0.25) is 0 Å². The number of hydrogen-bond donors (Lipinski definition) is 1. The van der Waals surface area contributed by atoms with Gasteiger partial charge >= 0.3 is 0 Å². The predicted molar refractivity (Wildman–Crippen MR) is 77.4 cm³/mol. The number of nitriles is 1. The van der Waals surface area contributed by atoms with Crippen molar-refractivity contribution in [3.8, 4) is 6.07 Å². The predicted octanol–water partition coefficient (Wildman–Crippen LogP) is 3.78. The van der Waals surface area contributed by atoms with Gasteiger partial charge in [-0.05, 0) is 36.4 Å². The lowest BCUT2D eigenvalue weighted by Crippen LogP contribution is -1.83. The van der Waals surface area contributed by atoms with E-state index >= 15 is 0 Å². The van der Waals surface area contributed by atoms with Gasteiger partial charge in [0.05, 0.1) is 22.9 Å². The quantitative estimate of drug-likeness (QED) is 0.576. The van der Waals surface area contributed by atoms with Crippen molar-refractivity contribution in [3.05, 3.63) is 66.4 Å². The minimum Gasteiger partial charge on any atom is -0.465 e. The molecule has 0 aliphatic rings. The van der Waals surface area contributed by atoms with Gasteiger partial charge in [-0.2, -0.15) is 5.26 Å². The van der Waals surface area contributed by atoms with Crippen molar-refractivity contribution >= 4 is 22.7 Å². The lowest BCUT2D eigenvalue weighted by Gasteiger charge is -1.89. The molecule has 2 heterocycles. The molecule has 4 heteroatoms. The third-order valence-corrected chi connectivity index (χ3v) is 2.83. The van der Waals surface area contributed by atoms with Gasteiger partial charge in [-0.3, -0.25) is 0 Å². The fourth-order valence-electron chi connectivity index (χ4n) is 1.87. The fourth-order valence-corrected chi connectivity index (χ4v) is 1.87. The maximum absolute atomic E-state index is 9.23. The normalized spacial score (nSPS) is 12.1. The number of fused-ring (bicyclic) bond motifs is 1. The number of nitrogens with one attached hydrogen (secondary N) is 1. The molecule has 0 aliphatic carbocycles. The average molecular weight is 261 g/mol. The monoisotopic (exact) mass is 261 g/mol. The molecule has 0 amide bonds. The molecule has 0 saturated heterocycles. The van der Waals surface area contributed by atoms with Crippen molar-refractivity contribution in [1.82, 2.24) is 9.97 Å². The summed E-state index contributed by atoms with van der Waals surface area (Å²) in [5.41, 5.74) is 2.24. The Morgan fingerprint density at radius 1 is 1.25 bits per heavy atom. The third-order valence-electron chi connectivity index (χ3n) is 2.83. The Kier molecular flexibility index (Phi) is 3.17. The van der Waals surface area contributed by atoms with Crippen molar-refractivity contribution in [1.29, 1.82) is 5.26 Å². The van der Waals surface area contributed by atoms with Crippen molar-refractivity contribution in [2.45, 2.75) is 0 Å². The van der Waals surface area contributed by atoms with Crippen molar-refractivity contribution in [2.24, 2.45) is 0 Å². The molecule has 0 saturated carbocycles. The number of benzene rings is 1. The van der Waals surface area contributed by atoms with Crippen LogP contribution in [0.15, 0.2) is 59.2 Å². The molecule has 0 spiro atoms. The topological polar surface area (TPSA) is 65.6 Å². The van der Waals surface area contributed by atoms with E-state index in [1.54, 1.807) is 24.5 Å². The zero-order valence-electron chi connectivity index (χ0n) is 10.6. The highest BCUT2D eigenvalue weighted by Gasteiger charge is 2.05. The molecule has 1 N–H and O–H groups in total. The van der Waals surface area contributed by atoms with Crippen molar-refractivity contribution in [3.63, 3.8) is 0 Å². The molecule has 0 radical (unpaired) electrons. The summed E-state index contributed by atoms with van der Waals surface area (Å²) in [5, 5.41) is 9.23. The summed E-state index contributed by atoms with van der Waals surface area (Å²) >= 11 is 0. The van der Waals surface area contributed by atoms with Crippen LogP contribution >= 0.6 is 0 Å². The highest BCUT2D eigenvalue weighted by molar-refractivity contribution is 5.82. The molecule has 20 heavy (non-hydrogen) atoms. The second-order valence-corrected chi connectivity index (χ2v) is 4.17. The molecular weight excluding hydrogens is 250 g/mol. The van der Waals surface area contributed by atoms with Gasteiger partial charge in [0, 0.05) is 0 Å². The first-order valence-corrected chi connectivity index (χ1v) is 6.14. The Balaban J connectivity index is 1.91. The summed E-state index contributed by atoms with van der Waals surface area (Å²) < 4.78 is 5.18. The van der Waals surface area contributed by atoms with Crippen LogP contribution in [0.4, 0.5) is 0 Å². The molecule has 3 aromatic rings. The number of H-pyrrole nitrogens is 1. The Labute approximate surface area is 115 Å². The summed E-state index contributed by atoms with van der Waals surface area (Å²) in [7, 11) is 0. The van der Waals surface area contributed by atoms with Crippen LogP contribution in [0.5, 0.6) is 0 Å². The van der Waals surface area contributed by atoms with Gasteiger partial charge in [0.1, 0.15) is 17.7 Å². The van der Waals surface area contributed by atoms with Gasteiger partial charge in [0.15, 0.2) is 0 Å². The Hall–Kier alpha value is -3.06. The van der Waals surface area contributed by atoms with Crippen LogP contribution < -0.4 is 0 Å². The number of furan rings is 1. The van der Waals surface area contributed by atoms with Gasteiger partial charge in [-0.15, -0.1) is 0 Å². The zero-order valence-corrected chi connectivity index (χ0v) is 10.6. The number of nitrogens with zero attached hydrogens (tertiary/aromatic N) is 2. The third kappa shape index (κ3) is 2.38. The first-order chi connectivity index (χ1) is 9.86. The Bertz CT molecular complexity index is 784. The standard InChI is InChI=1S/C16H11N3O/c17-11-12(5-3-6-13-7-4-10-20-13)16-18-14-8-1-2-9-15(14)19-16/h1-10H,(H,18,19)/b6-3-,12-5+. The average Bonchev–Trinajstić information content (AvgIpc) is 3.12. The molecule has 1 aromatic carbocycles. The second-order valence-electron chi connectivity index (χ2n) is 4.17. The number of aromatic amines is 1. The van der Waals surface area contributed by atoms with Crippen molar-refractivity contribution in [2.75, 3.05) is 0 Å². The molecule has 0 aliphatic heterocycles. The SMILES string of the molecule is N#C/C(=C\C=C/c1ccco1)c1nc2ccccc2[nH]1. The van der Waals surface area contributed by atoms with E-state index in [-0.39, 0.29) is 0 Å². The van der Waals surface area contributed by atoms with E-state index in [1.807, 2.05) is 36.4 Å². The smallest absolute Gasteiger partial charge is 0.149 e. The van der Waals surface area contributed by atoms with Crippen LogP contribution in [0.3, 0.4) is 0 Å². The van der Waals surface area contributed by atoms with Gasteiger partial charge in [-0.1, -0.05) is 18.2 Å². The van der Waals surface area contributed by atoms with E-state index in [4.69, 9.17) is 4.42 Å². The second kappa shape index (κ2) is 5.29. The van der Waals surface area contributed by atoms with E-state index in [2.05, 4.69) is 16.0 Å². The molecule has 0 unspecified atom stereocenters. The minimum atomic E-state index is 0.476. The Morgan fingerprint density at radius 2 is 2.15 bits per heavy atom. The van der Waals surface area contributed by atoms with Crippen molar-refractivity contribution < 1.29 is 4.42 Å². The highest BCUT2D eigenvalue weighted by atomic mass is 16.3. The molecule has 2 aromatic heterocycles. The lowest BCUT2D eigenvalue weighted by atomic mass is 10.2. The van der Waals surface area contributed by atoms with Crippen LogP contribution in [-0.4, -0.2) is 9.97 Å². The van der Waals surface area contributed by atoms with Crippen LogP contribution in [-0.2, 0) is 0 Å². The van der Waals surface area contributed by atoms with Crippen LogP contribution in [0.1, 0.15) is 11.6 Å². The maximum atomic E-state index is 9.23. The van der Waals surface area contributed by atoms with E-state index in [1.165, 1.54) is 0 Å². The summed E-state index contributed by atoms with van der Waals surface area (Å²) in [6.45, 7) is 0. The fraction of sp³-hybridized carbons (Fsp3) is 0. The Morgan fingerprint density at radius 3 is 2.90 bits per heavy atom. The lowest BCUT2D eigenvalue weighted by molar-refractivity contribution is 0.557. The minimum absolute atomic E-state index is 0.476. The van der Waals surface area contributed by atoms with Crippen LogP contribution in [0, 0.1) is 11.3 Å². The van der Waals surface area contributed by atoms with Gasteiger partial charge < -0.3 is 9.40 Å². The van der Waals surface area contributed by atoms with E-state index in [0.29, 0.717) is 11.4 Å². The molecule has 3 rings (SSSR count). The van der Waals surface area contributed by atoms with Gasteiger partial charge in [-0.25, -0.2) is 4.98 Å². The highest BCUT2D eigenvalue weighted by Crippen LogP contribution is 2.16. The first kappa shape index (κ1) is 12.0. The first-order valence-electron chi connectivity index (χ1n) is 6.14. The van der Waals surface area contributed by atoms with E-state index in [9.17, 15) is 5.26 Å². The van der Waals surface area contributed by atoms with Gasteiger partial charge in [0.25, 0.3) is 0 Å². The number of rotatable bonds is 3. The molecule has 0 atom stereocenters. The maximum Gasteiger partial charge on any atom is 0.149 e. The van der Waals surface area contributed by atoms with Crippen LogP contribution in [0.2, 0.25) is 0 Å². The number of imidazole rings is 1. The summed E-state index contributed by atoms with van der Waals surface area (Å²) in [6.07, 6.45) is 6.87. The number of allylic oxidation sites excluding steroid dienone is 3. The molecule has 0 fully saturated rings. The van der Waals surface area contributed by atoms with E-state index in [0.717, 1.165) is 16.8 Å². The number of hydrogen-bond acceptors (Lipinski definition) is 3. The summed E-state index contributed by atoms with van der Waals surface area (Å²) in [4.78, 5) is 7.53. The molecule has 96 valence electrons. The molecule has 0 bridgehead atoms. The summed E-state index contributed by atoms with van der Waals surface area (Å²) in [5.74, 6) is 1.31. The molecular formula is C16H11N3O. The summed E-state index contributed by atoms with van der Waals surface area (Å²) in [6, 6.07) is 13.5. The van der Waals surface area contributed by atoms with Crippen LogP contribution in [0.25, 0.3) is 22.7 Å². The molecule has 4 nitrogen and oxygen atoms in total. The van der Waals surface area contributed by atoms with E-state index < -0.39 is 0 Å². The largest absolute Gasteiger partial charge is 0.465 e. The number of aromatic nitrogens is 2. The number of para-hydroxylation sites is 2.